The molecule has 1 aromatic heterocycles. The Morgan fingerprint density at radius 2 is 2.14 bits per heavy atom. The van der Waals surface area contributed by atoms with Gasteiger partial charge in [0.2, 0.25) is 0 Å². The third-order valence-electron chi connectivity index (χ3n) is 2.36. The quantitative estimate of drug-likeness (QED) is 0.545. The van der Waals surface area contributed by atoms with Gasteiger partial charge in [-0.1, -0.05) is 13.0 Å². The van der Waals surface area contributed by atoms with Crippen LogP contribution in [0.4, 0.5) is 0 Å². The highest BCUT2D eigenvalue weighted by Gasteiger charge is 2.09. The molecule has 2 aromatic rings. The Morgan fingerprint density at radius 1 is 1.36 bits per heavy atom. The van der Waals surface area contributed by atoms with Crippen LogP contribution >= 0.6 is 45.5 Å². The molecule has 1 heterocycles. The fraction of sp³-hybridized carbons (Fsp3) is 0.273. The van der Waals surface area contributed by atoms with Crippen molar-refractivity contribution < 1.29 is 0 Å². The van der Waals surface area contributed by atoms with E-state index in [-0.39, 0.29) is 0 Å². The van der Waals surface area contributed by atoms with Crippen molar-refractivity contribution >= 4 is 55.6 Å². The lowest BCUT2D eigenvalue weighted by Gasteiger charge is -2.03. The SMILES string of the molecule is CCc1ccc(I)c2scc(CCl)c12. The fourth-order valence-electron chi connectivity index (χ4n) is 1.65. The van der Waals surface area contributed by atoms with Gasteiger partial charge in [-0.2, -0.15) is 0 Å². The fourth-order valence-corrected chi connectivity index (χ4v) is 3.80. The zero-order valence-electron chi connectivity index (χ0n) is 7.81. The molecular formula is C11H10ClIS. The minimum atomic E-state index is 0.618. The van der Waals surface area contributed by atoms with Gasteiger partial charge < -0.3 is 0 Å². The van der Waals surface area contributed by atoms with E-state index in [1.54, 1.807) is 11.3 Å². The van der Waals surface area contributed by atoms with Crippen molar-refractivity contribution in [3.05, 3.63) is 32.2 Å². The van der Waals surface area contributed by atoms with Crippen LogP contribution in [0.5, 0.6) is 0 Å². The molecule has 0 N–H and O–H groups in total. The average Bonchev–Trinajstić information content (AvgIpc) is 2.63. The van der Waals surface area contributed by atoms with Crippen molar-refractivity contribution in [1.82, 2.24) is 0 Å². The molecule has 2 rings (SSSR count). The normalized spacial score (nSPS) is 11.1. The Balaban J connectivity index is 2.82. The van der Waals surface area contributed by atoms with Crippen LogP contribution in [-0.4, -0.2) is 0 Å². The van der Waals surface area contributed by atoms with Crippen LogP contribution in [0.3, 0.4) is 0 Å². The molecule has 1 aromatic carbocycles. The van der Waals surface area contributed by atoms with Gasteiger partial charge in [-0.3, -0.25) is 0 Å². The van der Waals surface area contributed by atoms with E-state index in [1.807, 2.05) is 0 Å². The maximum absolute atomic E-state index is 5.93. The highest BCUT2D eigenvalue weighted by atomic mass is 127. The van der Waals surface area contributed by atoms with Crippen molar-refractivity contribution in [2.45, 2.75) is 19.2 Å². The predicted octanol–water partition coefficient (Wildman–Crippen LogP) is 4.81. The summed E-state index contributed by atoms with van der Waals surface area (Å²) in [7, 11) is 0. The van der Waals surface area contributed by atoms with Gasteiger partial charge in [0, 0.05) is 19.5 Å². The summed E-state index contributed by atoms with van der Waals surface area (Å²) in [6, 6.07) is 4.41. The summed E-state index contributed by atoms with van der Waals surface area (Å²) in [5, 5.41) is 3.57. The molecule has 0 fully saturated rings. The average molecular weight is 337 g/mol. The monoisotopic (exact) mass is 336 g/mol. The Labute approximate surface area is 106 Å². The van der Waals surface area contributed by atoms with Crippen LogP contribution in [0.1, 0.15) is 18.1 Å². The van der Waals surface area contributed by atoms with E-state index in [1.165, 1.54) is 24.8 Å². The number of fused-ring (bicyclic) bond motifs is 1. The molecule has 0 atom stereocenters. The molecule has 0 aliphatic rings. The zero-order valence-corrected chi connectivity index (χ0v) is 11.5. The Morgan fingerprint density at radius 3 is 2.79 bits per heavy atom. The van der Waals surface area contributed by atoms with E-state index < -0.39 is 0 Å². The number of alkyl halides is 1. The highest BCUT2D eigenvalue weighted by molar-refractivity contribution is 14.1. The second-order valence-electron chi connectivity index (χ2n) is 3.16. The smallest absolute Gasteiger partial charge is 0.0488 e. The first-order valence-electron chi connectivity index (χ1n) is 4.51. The summed E-state index contributed by atoms with van der Waals surface area (Å²) < 4.78 is 2.72. The Hall–Kier alpha value is 0.200. The minimum absolute atomic E-state index is 0.618. The molecule has 14 heavy (non-hydrogen) atoms. The van der Waals surface area contributed by atoms with Gasteiger partial charge in [0.05, 0.1) is 0 Å². The number of rotatable bonds is 2. The standard InChI is InChI=1S/C11H10ClIS/c1-2-7-3-4-9(13)11-10(7)8(5-12)6-14-11/h3-4,6H,2,5H2,1H3. The Bertz CT molecular complexity index is 462. The molecule has 0 aliphatic heterocycles. The molecule has 0 radical (unpaired) electrons. The van der Waals surface area contributed by atoms with E-state index >= 15 is 0 Å². The van der Waals surface area contributed by atoms with Gasteiger partial charge in [-0.25, -0.2) is 0 Å². The van der Waals surface area contributed by atoms with Crippen molar-refractivity contribution in [3.63, 3.8) is 0 Å². The lowest BCUT2D eigenvalue weighted by Crippen LogP contribution is -1.85. The number of aryl methyl sites for hydroxylation is 1. The number of hydrogen-bond acceptors (Lipinski definition) is 1. The zero-order chi connectivity index (χ0) is 10.1. The van der Waals surface area contributed by atoms with E-state index in [9.17, 15) is 0 Å². The van der Waals surface area contributed by atoms with Crippen LogP contribution in [0.25, 0.3) is 10.1 Å². The highest BCUT2D eigenvalue weighted by Crippen LogP contribution is 2.33. The van der Waals surface area contributed by atoms with E-state index in [0.717, 1.165) is 6.42 Å². The van der Waals surface area contributed by atoms with Crippen LogP contribution < -0.4 is 0 Å². The first kappa shape index (κ1) is 10.7. The maximum atomic E-state index is 5.93. The molecule has 3 heteroatoms. The molecule has 0 bridgehead atoms. The topological polar surface area (TPSA) is 0 Å². The molecule has 0 nitrogen and oxygen atoms in total. The van der Waals surface area contributed by atoms with Crippen molar-refractivity contribution in [3.8, 4) is 0 Å². The summed E-state index contributed by atoms with van der Waals surface area (Å²) in [5.41, 5.74) is 2.69. The van der Waals surface area contributed by atoms with E-state index in [2.05, 4.69) is 47.0 Å². The van der Waals surface area contributed by atoms with E-state index in [4.69, 9.17) is 11.6 Å². The number of halogens is 2. The lowest BCUT2D eigenvalue weighted by molar-refractivity contribution is 1.16. The summed E-state index contributed by atoms with van der Waals surface area (Å²) in [6.45, 7) is 2.19. The second kappa shape index (κ2) is 4.37. The van der Waals surface area contributed by atoms with Crippen LogP contribution in [0.15, 0.2) is 17.5 Å². The second-order valence-corrected chi connectivity index (χ2v) is 5.47. The van der Waals surface area contributed by atoms with Gasteiger partial charge in [0.15, 0.2) is 0 Å². The lowest BCUT2D eigenvalue weighted by atomic mass is 10.1. The Kier molecular flexibility index (Phi) is 3.34. The number of benzene rings is 1. The van der Waals surface area contributed by atoms with Crippen molar-refractivity contribution in [2.75, 3.05) is 0 Å². The van der Waals surface area contributed by atoms with Crippen molar-refractivity contribution in [1.29, 1.82) is 0 Å². The van der Waals surface area contributed by atoms with Crippen molar-refractivity contribution in [2.24, 2.45) is 0 Å². The number of thiophene rings is 1. The first-order valence-corrected chi connectivity index (χ1v) is 7.00. The summed E-state index contributed by atoms with van der Waals surface area (Å²) in [5.74, 6) is 0.618. The van der Waals surface area contributed by atoms with Gasteiger partial charge in [-0.05, 0) is 51.6 Å². The third kappa shape index (κ3) is 1.68. The van der Waals surface area contributed by atoms with Crippen LogP contribution in [-0.2, 0) is 12.3 Å². The van der Waals surface area contributed by atoms with E-state index in [0.29, 0.717) is 5.88 Å². The maximum Gasteiger partial charge on any atom is 0.0488 e. The first-order chi connectivity index (χ1) is 6.77. The van der Waals surface area contributed by atoms with Crippen LogP contribution in [0.2, 0.25) is 0 Å². The summed E-state index contributed by atoms with van der Waals surface area (Å²) in [4.78, 5) is 0. The summed E-state index contributed by atoms with van der Waals surface area (Å²) in [6.07, 6.45) is 1.08. The van der Waals surface area contributed by atoms with Gasteiger partial charge >= 0.3 is 0 Å². The number of hydrogen-bond donors (Lipinski definition) is 0. The molecule has 0 saturated heterocycles. The van der Waals surface area contributed by atoms with Crippen LogP contribution in [0, 0.1) is 3.57 Å². The molecule has 0 aliphatic carbocycles. The predicted molar refractivity (Wildman–Crippen MR) is 73.5 cm³/mol. The molecule has 0 spiro atoms. The van der Waals surface area contributed by atoms with Gasteiger partial charge in [0.25, 0.3) is 0 Å². The molecular weight excluding hydrogens is 327 g/mol. The molecule has 0 saturated carbocycles. The van der Waals surface area contributed by atoms with Gasteiger partial charge in [-0.15, -0.1) is 22.9 Å². The molecule has 74 valence electrons. The molecule has 0 unspecified atom stereocenters. The minimum Gasteiger partial charge on any atom is -0.142 e. The summed E-state index contributed by atoms with van der Waals surface area (Å²) >= 11 is 10.1. The third-order valence-corrected chi connectivity index (χ3v) is 4.98. The molecule has 0 amide bonds. The van der Waals surface area contributed by atoms with Gasteiger partial charge in [0.1, 0.15) is 0 Å². The largest absolute Gasteiger partial charge is 0.142 e.